The number of carboxylic acid groups (broad SMARTS) is 1. The maximum absolute atomic E-state index is 10.9. The molecule has 0 bridgehead atoms. The zero-order valence-corrected chi connectivity index (χ0v) is 6.82. The van der Waals surface area contributed by atoms with Gasteiger partial charge in [-0.05, 0) is 17.9 Å². The number of aromatic amines is 1. The molecule has 0 spiro atoms. The first kappa shape index (κ1) is 9.46. The Labute approximate surface area is 72.7 Å². The number of nitrogens with one attached hydrogen (secondary N) is 1. The average Bonchev–Trinajstić information content (AvgIpc) is 2.43. The fourth-order valence-corrected chi connectivity index (χ4v) is 0.945. The molecule has 1 aromatic heterocycles. The first-order valence-electron chi connectivity index (χ1n) is 3.73. The van der Waals surface area contributed by atoms with E-state index in [-0.39, 0.29) is 22.4 Å². The first-order valence-corrected chi connectivity index (χ1v) is 3.73. The van der Waals surface area contributed by atoms with Crippen molar-refractivity contribution in [1.82, 2.24) is 5.16 Å². The van der Waals surface area contributed by atoms with E-state index in [0.717, 1.165) is 0 Å². The number of nitrogens with two attached hydrogens (primary N) is 1. The van der Waals surface area contributed by atoms with Crippen molar-refractivity contribution in [2.75, 3.05) is 6.54 Å². The summed E-state index contributed by atoms with van der Waals surface area (Å²) in [6.45, 7) is 0.393. The summed E-state index contributed by atoms with van der Waals surface area (Å²) in [7, 11) is 0. The molecule has 0 saturated carbocycles. The fourth-order valence-electron chi connectivity index (χ4n) is 0.945. The molecule has 0 fully saturated rings. The molecule has 13 heavy (non-hydrogen) atoms. The van der Waals surface area contributed by atoms with Gasteiger partial charge in [0.05, 0.1) is 0 Å². The average molecular weight is 188 g/mol. The molecule has 0 aliphatic heterocycles. The molecule has 1 heterocycles. The molecule has 0 atom stereocenters. The quantitative estimate of drug-likeness (QED) is 0.567. The van der Waals surface area contributed by atoms with Crippen LogP contribution in [0.4, 0.5) is 0 Å². The topological polar surface area (TPSA) is 115 Å². The number of carbonyl (C=O) groups is 1. The highest BCUT2D eigenvalue weighted by Gasteiger charge is 2.25. The molecule has 0 unspecified atom stereocenters. The van der Waals surface area contributed by atoms with Crippen LogP contribution >= 0.6 is 0 Å². The van der Waals surface area contributed by atoms with Gasteiger partial charge in [0.1, 0.15) is 0 Å². The third-order valence-electron chi connectivity index (χ3n) is 1.57. The van der Waals surface area contributed by atoms with Gasteiger partial charge < -0.3 is 10.8 Å². The van der Waals surface area contributed by atoms with Gasteiger partial charge in [-0.1, -0.05) is 9.79 Å². The van der Waals surface area contributed by atoms with Crippen LogP contribution in [-0.4, -0.2) is 22.8 Å². The Balaban J connectivity index is 2.95. The lowest BCUT2D eigenvalue weighted by atomic mass is 10.2. The number of aromatic nitrogens is 2. The van der Waals surface area contributed by atoms with Gasteiger partial charge in [0.2, 0.25) is 0 Å². The van der Waals surface area contributed by atoms with Crippen LogP contribution in [0.3, 0.4) is 0 Å². The molecule has 0 aromatic carbocycles. The number of hydrogen-bond acceptors (Lipinski definition) is 4. The molecule has 0 aliphatic carbocycles. The van der Waals surface area contributed by atoms with Crippen molar-refractivity contribution in [3.63, 3.8) is 0 Å². The summed E-state index contributed by atoms with van der Waals surface area (Å²) < 4.78 is 4.42. The molecule has 7 nitrogen and oxygen atoms in total. The number of hydrogen-bond donors (Lipinski definition) is 3. The van der Waals surface area contributed by atoms with Crippen LogP contribution in [0.1, 0.15) is 22.6 Å². The fraction of sp³-hybridized carbons (Fsp3) is 0.500. The monoisotopic (exact) mass is 188 g/mol. The van der Waals surface area contributed by atoms with E-state index in [2.05, 4.69) is 4.63 Å². The van der Waals surface area contributed by atoms with Crippen molar-refractivity contribution in [2.45, 2.75) is 12.8 Å². The lowest BCUT2D eigenvalue weighted by Gasteiger charge is -1.87. The second-order valence-electron chi connectivity index (χ2n) is 2.47. The lowest BCUT2D eigenvalue weighted by Crippen LogP contribution is -2.19. The van der Waals surface area contributed by atoms with E-state index in [1.807, 2.05) is 5.16 Å². The Kier molecular flexibility index (Phi) is 2.80. The predicted molar refractivity (Wildman–Crippen MR) is 40.8 cm³/mol. The van der Waals surface area contributed by atoms with E-state index < -0.39 is 5.97 Å². The number of carboxylic acids is 1. The predicted octanol–water partition coefficient (Wildman–Crippen LogP) is -0.888. The summed E-state index contributed by atoms with van der Waals surface area (Å²) in [5.74, 6) is -1.22. The van der Waals surface area contributed by atoms with Gasteiger partial charge >= 0.3 is 5.97 Å². The Hall–Kier alpha value is -1.63. The summed E-state index contributed by atoms with van der Waals surface area (Å²) in [6, 6.07) is 0. The normalized spacial score (nSPS) is 10.2. The Bertz CT molecular complexity index is 353. The van der Waals surface area contributed by atoms with Crippen molar-refractivity contribution in [3.05, 3.63) is 16.3 Å². The highest BCUT2D eigenvalue weighted by Crippen LogP contribution is 2.02. The first-order chi connectivity index (χ1) is 6.16. The van der Waals surface area contributed by atoms with E-state index in [1.165, 1.54) is 0 Å². The van der Waals surface area contributed by atoms with Gasteiger partial charge in [0.25, 0.3) is 11.4 Å². The zero-order valence-electron chi connectivity index (χ0n) is 6.82. The highest BCUT2D eigenvalue weighted by atomic mass is 16.7. The maximum atomic E-state index is 10.9. The van der Waals surface area contributed by atoms with E-state index in [4.69, 9.17) is 10.8 Å². The number of rotatable bonds is 4. The zero-order chi connectivity index (χ0) is 9.84. The number of aromatic carboxylic acids is 1. The van der Waals surface area contributed by atoms with Gasteiger partial charge in [-0.15, -0.1) is 0 Å². The largest absolute Gasteiger partial charge is 0.475 e. The van der Waals surface area contributed by atoms with Gasteiger partial charge in [0.15, 0.2) is 4.60 Å². The molecule has 0 aliphatic rings. The van der Waals surface area contributed by atoms with Gasteiger partial charge in [-0.2, -0.15) is 0 Å². The Morgan fingerprint density at radius 3 is 2.92 bits per heavy atom. The molecule has 0 saturated heterocycles. The van der Waals surface area contributed by atoms with E-state index in [1.54, 1.807) is 0 Å². The van der Waals surface area contributed by atoms with E-state index >= 15 is 0 Å². The number of H-pyrrole nitrogens is 1. The van der Waals surface area contributed by atoms with Crippen molar-refractivity contribution in [1.29, 1.82) is 0 Å². The van der Waals surface area contributed by atoms with Crippen LogP contribution in [0, 0.1) is 4.91 Å². The lowest BCUT2D eigenvalue weighted by molar-refractivity contribution is -0.719. The molecule has 0 amide bonds. The van der Waals surface area contributed by atoms with Crippen molar-refractivity contribution < 1.29 is 19.1 Å². The smallest absolute Gasteiger partial charge is 0.384 e. The second-order valence-corrected chi connectivity index (χ2v) is 2.47. The molecule has 1 rings (SSSR count). The Morgan fingerprint density at radius 1 is 1.69 bits per heavy atom. The summed E-state index contributed by atoms with van der Waals surface area (Å²) in [6.07, 6.45) is 0.824. The van der Waals surface area contributed by atoms with Crippen LogP contribution in [0.25, 0.3) is 0 Å². The van der Waals surface area contributed by atoms with Crippen LogP contribution in [0.5, 0.6) is 0 Å². The second kappa shape index (κ2) is 3.85. The minimum absolute atomic E-state index is 0.0675. The highest BCUT2D eigenvalue weighted by molar-refractivity contribution is 5.85. The minimum Gasteiger partial charge on any atom is -0.475 e. The van der Waals surface area contributed by atoms with Gasteiger partial charge in [-0.25, -0.2) is 4.79 Å². The molecule has 0 radical (unpaired) electrons. The molecular formula is C6H10N3O4+. The van der Waals surface area contributed by atoms with E-state index in [0.29, 0.717) is 13.0 Å². The minimum atomic E-state index is -1.22. The molecular weight excluding hydrogens is 178 g/mol. The maximum Gasteiger partial charge on any atom is 0.384 e. The summed E-state index contributed by atoms with van der Waals surface area (Å²) in [5.41, 5.74) is 5.07. The van der Waals surface area contributed by atoms with E-state index in [9.17, 15) is 9.70 Å². The molecule has 7 heteroatoms. The third kappa shape index (κ3) is 1.94. The van der Waals surface area contributed by atoms with Gasteiger partial charge in [0, 0.05) is 6.42 Å². The molecule has 4 N–H and O–H groups in total. The van der Waals surface area contributed by atoms with Crippen molar-refractivity contribution >= 4 is 5.97 Å². The Morgan fingerprint density at radius 2 is 2.38 bits per heavy atom. The third-order valence-corrected chi connectivity index (χ3v) is 1.57. The van der Waals surface area contributed by atoms with Crippen LogP contribution < -0.4 is 10.3 Å². The number of nitrogens with zero attached hydrogens (tertiary/aromatic N) is 1. The SMILES string of the molecule is NCCCc1c(C(=O)O)[nH]o[n+]1=O. The van der Waals surface area contributed by atoms with Gasteiger partial charge in [-0.3, -0.25) is 0 Å². The van der Waals surface area contributed by atoms with Crippen molar-refractivity contribution in [3.8, 4) is 0 Å². The molecule has 1 aromatic rings. The van der Waals surface area contributed by atoms with Crippen LogP contribution in [0.2, 0.25) is 0 Å². The standard InChI is InChI=1S/C6H9N3O4/c7-3-1-2-4-5(6(10)11)8-13-9(4)12/h1-3,7H2,(H-,8,10,11,12)/p+1. The van der Waals surface area contributed by atoms with Crippen LogP contribution in [0.15, 0.2) is 4.63 Å². The summed E-state index contributed by atoms with van der Waals surface area (Å²) in [5, 5.41) is 10.6. The summed E-state index contributed by atoms with van der Waals surface area (Å²) >= 11 is 0. The van der Waals surface area contributed by atoms with Crippen molar-refractivity contribution in [2.24, 2.45) is 5.73 Å². The molecule has 72 valence electrons. The summed E-state index contributed by atoms with van der Waals surface area (Å²) in [4.78, 5) is 21.4. The van der Waals surface area contributed by atoms with Crippen LogP contribution in [-0.2, 0) is 6.42 Å².